The van der Waals surface area contributed by atoms with Crippen molar-refractivity contribution < 1.29 is 23.5 Å². The number of hydrogen-bond acceptors (Lipinski definition) is 10. The molecule has 224 valence electrons. The molecule has 1 amide bonds. The number of carbonyl (C=O) groups excluding carboxylic acids is 2. The van der Waals surface area contributed by atoms with Crippen molar-refractivity contribution >= 4 is 18.2 Å². The molecule has 2 aliphatic heterocycles. The van der Waals surface area contributed by atoms with E-state index in [1.807, 2.05) is 20.8 Å². The lowest BCUT2D eigenvalue weighted by molar-refractivity contribution is -0.120. The van der Waals surface area contributed by atoms with Crippen LogP contribution < -0.4 is 20.1 Å². The van der Waals surface area contributed by atoms with E-state index in [1.165, 1.54) is 6.33 Å². The third-order valence-electron chi connectivity index (χ3n) is 8.18. The summed E-state index contributed by atoms with van der Waals surface area (Å²) < 4.78 is 25.8. The largest absolute Gasteiger partial charge is 0.430 e. The topological polar surface area (TPSA) is 127 Å². The summed E-state index contributed by atoms with van der Waals surface area (Å²) in [5.74, 6) is -0.481. The smallest absolute Gasteiger partial charge is 0.298 e. The van der Waals surface area contributed by atoms with Crippen LogP contribution in [0, 0.1) is 17.2 Å². The van der Waals surface area contributed by atoms with E-state index >= 15 is 0 Å². The molecular formula is C29H42FN7O4. The van der Waals surface area contributed by atoms with Gasteiger partial charge in [0.2, 0.25) is 0 Å². The molecular weight excluding hydrogens is 529 g/mol. The zero-order chi connectivity index (χ0) is 29.7. The van der Waals surface area contributed by atoms with Crippen LogP contribution in [0.2, 0.25) is 0 Å². The van der Waals surface area contributed by atoms with E-state index in [4.69, 9.17) is 15.2 Å². The number of halogens is 1. The fraction of sp³-hybridized carbons (Fsp3) is 0.621. The van der Waals surface area contributed by atoms with Crippen molar-refractivity contribution in [2.24, 2.45) is 17.1 Å². The van der Waals surface area contributed by atoms with E-state index in [2.05, 4.69) is 38.8 Å². The average Bonchev–Trinajstić information content (AvgIpc) is 3.36. The Bertz CT molecular complexity index is 1220. The van der Waals surface area contributed by atoms with E-state index in [-0.39, 0.29) is 40.9 Å². The minimum absolute atomic E-state index is 0.0488. The van der Waals surface area contributed by atoms with Crippen molar-refractivity contribution in [1.29, 1.82) is 0 Å². The van der Waals surface area contributed by atoms with Gasteiger partial charge in [0.25, 0.3) is 18.3 Å². The van der Waals surface area contributed by atoms with E-state index in [0.29, 0.717) is 30.9 Å². The number of anilines is 1. The maximum Gasteiger partial charge on any atom is 0.298 e. The van der Waals surface area contributed by atoms with Gasteiger partial charge in [0, 0.05) is 56.3 Å². The van der Waals surface area contributed by atoms with Crippen LogP contribution >= 0.6 is 0 Å². The molecule has 41 heavy (non-hydrogen) atoms. The number of amides is 1. The van der Waals surface area contributed by atoms with Gasteiger partial charge in [0.1, 0.15) is 12.1 Å². The summed E-state index contributed by atoms with van der Waals surface area (Å²) in [6, 6.07) is 2.44. The summed E-state index contributed by atoms with van der Waals surface area (Å²) in [5, 5.41) is 8.08. The fourth-order valence-corrected chi connectivity index (χ4v) is 6.20. The minimum atomic E-state index is -0.739. The molecule has 2 aromatic rings. The molecule has 2 N–H and O–H groups in total. The SMILES string of the molecule is CCN(C(=O)c1cc(F)cc(OC=O)c1Oc1nncnc1N1CCC2(C1)CN(C(CCCN)C(C)C)C2)C(C)C. The molecule has 3 heterocycles. The van der Waals surface area contributed by atoms with Gasteiger partial charge in [-0.25, -0.2) is 9.37 Å². The highest BCUT2D eigenvalue weighted by Crippen LogP contribution is 2.45. The summed E-state index contributed by atoms with van der Waals surface area (Å²) in [7, 11) is 0. The van der Waals surface area contributed by atoms with Crippen LogP contribution in [-0.4, -0.2) is 88.7 Å². The molecule has 1 unspecified atom stereocenters. The second-order valence-corrected chi connectivity index (χ2v) is 11.7. The number of nitrogens with zero attached hydrogens (tertiary/aromatic N) is 6. The number of carbonyl (C=O) groups is 2. The zero-order valence-electron chi connectivity index (χ0n) is 24.7. The first-order chi connectivity index (χ1) is 19.6. The third kappa shape index (κ3) is 6.59. The van der Waals surface area contributed by atoms with Crippen molar-refractivity contribution in [1.82, 2.24) is 25.0 Å². The highest BCUT2D eigenvalue weighted by atomic mass is 19.1. The van der Waals surface area contributed by atoms with Crippen LogP contribution in [0.15, 0.2) is 18.5 Å². The Hall–Kier alpha value is -3.38. The Morgan fingerprint density at radius 3 is 2.63 bits per heavy atom. The van der Waals surface area contributed by atoms with Gasteiger partial charge >= 0.3 is 0 Å². The highest BCUT2D eigenvalue weighted by molar-refractivity contribution is 5.98. The van der Waals surface area contributed by atoms with Gasteiger partial charge in [-0.3, -0.25) is 14.5 Å². The fourth-order valence-electron chi connectivity index (χ4n) is 6.20. The zero-order valence-corrected chi connectivity index (χ0v) is 24.7. The van der Waals surface area contributed by atoms with Gasteiger partial charge in [-0.1, -0.05) is 13.8 Å². The molecule has 0 bridgehead atoms. The van der Waals surface area contributed by atoms with Crippen molar-refractivity contribution in [3.8, 4) is 17.4 Å². The van der Waals surface area contributed by atoms with Gasteiger partial charge in [-0.05, 0) is 58.6 Å². The van der Waals surface area contributed by atoms with Gasteiger partial charge in [0.15, 0.2) is 17.3 Å². The van der Waals surface area contributed by atoms with E-state index < -0.39 is 11.7 Å². The molecule has 4 rings (SSSR count). The number of likely N-dealkylation sites (tertiary alicyclic amines) is 1. The Labute approximate surface area is 241 Å². The predicted molar refractivity (Wildman–Crippen MR) is 153 cm³/mol. The quantitative estimate of drug-likeness (QED) is 0.357. The van der Waals surface area contributed by atoms with Gasteiger partial charge in [0.05, 0.1) is 5.56 Å². The molecule has 0 radical (unpaired) electrons. The first kappa shape index (κ1) is 30.6. The number of nitrogens with two attached hydrogens (primary N) is 1. The van der Waals surface area contributed by atoms with Crippen molar-refractivity contribution in [3.63, 3.8) is 0 Å². The highest BCUT2D eigenvalue weighted by Gasteiger charge is 2.50. The number of aromatic nitrogens is 3. The molecule has 1 aromatic heterocycles. The predicted octanol–water partition coefficient (Wildman–Crippen LogP) is 3.48. The van der Waals surface area contributed by atoms with Crippen molar-refractivity contribution in [2.75, 3.05) is 44.2 Å². The van der Waals surface area contributed by atoms with Gasteiger partial charge < -0.3 is 25.0 Å². The lowest BCUT2D eigenvalue weighted by Gasteiger charge is -2.53. The van der Waals surface area contributed by atoms with E-state index in [9.17, 15) is 14.0 Å². The minimum Gasteiger partial charge on any atom is -0.430 e. The molecule has 1 aromatic carbocycles. The second-order valence-electron chi connectivity index (χ2n) is 11.7. The van der Waals surface area contributed by atoms with Crippen LogP contribution in [0.3, 0.4) is 0 Å². The summed E-state index contributed by atoms with van der Waals surface area (Å²) in [4.78, 5) is 35.5. The Morgan fingerprint density at radius 2 is 2.00 bits per heavy atom. The molecule has 2 saturated heterocycles. The molecule has 11 nitrogen and oxygen atoms in total. The summed E-state index contributed by atoms with van der Waals surface area (Å²) in [5.41, 5.74) is 5.83. The van der Waals surface area contributed by atoms with Crippen molar-refractivity contribution in [3.05, 3.63) is 29.8 Å². The van der Waals surface area contributed by atoms with Crippen LogP contribution in [0.4, 0.5) is 10.2 Å². The molecule has 12 heteroatoms. The van der Waals surface area contributed by atoms with Crippen LogP contribution in [0.1, 0.15) is 64.2 Å². The van der Waals surface area contributed by atoms with Crippen molar-refractivity contribution in [2.45, 2.75) is 66.0 Å². The number of benzene rings is 1. The molecule has 2 aliphatic rings. The Balaban J connectivity index is 1.59. The first-order valence-electron chi connectivity index (χ1n) is 14.4. The molecule has 0 saturated carbocycles. The maximum absolute atomic E-state index is 14.6. The Kier molecular flexibility index (Phi) is 9.75. The summed E-state index contributed by atoms with van der Waals surface area (Å²) in [6.07, 6.45) is 4.45. The van der Waals surface area contributed by atoms with Crippen LogP contribution in [-0.2, 0) is 4.79 Å². The lowest BCUT2D eigenvalue weighted by atomic mass is 9.76. The average molecular weight is 572 g/mol. The van der Waals surface area contributed by atoms with E-state index in [1.54, 1.807) is 4.90 Å². The number of hydrogen-bond donors (Lipinski definition) is 1. The summed E-state index contributed by atoms with van der Waals surface area (Å²) >= 11 is 0. The first-order valence-corrected chi connectivity index (χ1v) is 14.4. The second kappa shape index (κ2) is 13.1. The van der Waals surface area contributed by atoms with Gasteiger partial charge in [-0.15, -0.1) is 10.2 Å². The van der Waals surface area contributed by atoms with Gasteiger partial charge in [-0.2, -0.15) is 0 Å². The third-order valence-corrected chi connectivity index (χ3v) is 8.18. The van der Waals surface area contributed by atoms with Crippen LogP contribution in [0.25, 0.3) is 0 Å². The molecule has 0 aliphatic carbocycles. The normalized spacial score (nSPS) is 17.1. The molecule has 2 fully saturated rings. The van der Waals surface area contributed by atoms with E-state index in [0.717, 1.165) is 57.6 Å². The number of ether oxygens (including phenoxy) is 2. The van der Waals surface area contributed by atoms with Crippen LogP contribution in [0.5, 0.6) is 17.4 Å². The monoisotopic (exact) mass is 571 g/mol. The standard InChI is InChI=1S/C29H42FN7O4/c1-6-37(20(4)5)28(39)22-12-21(30)13-24(40-18-38)25(22)41-27-26(32-17-33-34-27)35-11-9-29(14-35)15-36(16-29)23(19(2)3)8-7-10-31/h12-13,17-20,23H,6-11,14-16,31H2,1-5H3. The lowest BCUT2D eigenvalue weighted by Crippen LogP contribution is -2.62. The number of rotatable bonds is 13. The maximum atomic E-state index is 14.6. The summed E-state index contributed by atoms with van der Waals surface area (Å²) in [6.45, 7) is 14.9. The molecule has 1 atom stereocenters. The molecule has 1 spiro atoms. The Morgan fingerprint density at radius 1 is 1.24 bits per heavy atom.